The summed E-state index contributed by atoms with van der Waals surface area (Å²) in [7, 11) is 0. The van der Waals surface area contributed by atoms with Crippen LogP contribution >= 0.6 is 23.5 Å². The number of aliphatic hydroxyl groups is 1. The molecule has 0 aliphatic carbocycles. The highest BCUT2D eigenvalue weighted by molar-refractivity contribution is 8.00. The highest BCUT2D eigenvalue weighted by Gasteiger charge is 2.17. The molecule has 0 bridgehead atoms. The van der Waals surface area contributed by atoms with Gasteiger partial charge in [0.15, 0.2) is 0 Å². The van der Waals surface area contributed by atoms with Crippen molar-refractivity contribution in [3.63, 3.8) is 0 Å². The summed E-state index contributed by atoms with van der Waals surface area (Å²) in [5.74, 6) is 2.34. The van der Waals surface area contributed by atoms with Crippen LogP contribution in [0.2, 0.25) is 0 Å². The molecular formula is C29H34N2OS2. The zero-order valence-corrected chi connectivity index (χ0v) is 21.6. The molecule has 1 heterocycles. The van der Waals surface area contributed by atoms with E-state index in [0.717, 1.165) is 28.1 Å². The minimum absolute atomic E-state index is 0.427. The van der Waals surface area contributed by atoms with Crippen molar-refractivity contribution in [2.45, 2.75) is 56.6 Å². The van der Waals surface area contributed by atoms with Crippen LogP contribution in [-0.4, -0.2) is 33.5 Å². The molecule has 3 rings (SSSR count). The van der Waals surface area contributed by atoms with E-state index in [1.54, 1.807) is 0 Å². The molecule has 1 atom stereocenters. The van der Waals surface area contributed by atoms with E-state index in [2.05, 4.69) is 13.0 Å². The minimum Gasteiger partial charge on any atom is -0.391 e. The fourth-order valence-corrected chi connectivity index (χ4v) is 5.81. The predicted octanol–water partition coefficient (Wildman–Crippen LogP) is 7.83. The van der Waals surface area contributed by atoms with Gasteiger partial charge < -0.3 is 5.11 Å². The van der Waals surface area contributed by atoms with Gasteiger partial charge in [0.2, 0.25) is 0 Å². The molecule has 0 saturated heterocycles. The minimum atomic E-state index is -0.427. The molecular weight excluding hydrogens is 456 g/mol. The second kappa shape index (κ2) is 14.9. The highest BCUT2D eigenvalue weighted by atomic mass is 32.2. The van der Waals surface area contributed by atoms with Gasteiger partial charge in [0.05, 0.1) is 17.4 Å². The van der Waals surface area contributed by atoms with Crippen molar-refractivity contribution in [3.05, 3.63) is 72.3 Å². The lowest BCUT2D eigenvalue weighted by atomic mass is 9.99. The van der Waals surface area contributed by atoms with E-state index in [-0.39, 0.29) is 0 Å². The molecule has 0 radical (unpaired) electrons. The van der Waals surface area contributed by atoms with Gasteiger partial charge in [-0.15, -0.1) is 11.8 Å². The maximum Gasteiger partial charge on any atom is 0.115 e. The number of hydrogen-bond donors (Lipinski definition) is 1. The van der Waals surface area contributed by atoms with Crippen LogP contribution < -0.4 is 0 Å². The molecule has 0 aliphatic rings. The van der Waals surface area contributed by atoms with Crippen LogP contribution in [0.3, 0.4) is 0 Å². The lowest BCUT2D eigenvalue weighted by Crippen LogP contribution is -2.14. The van der Waals surface area contributed by atoms with Gasteiger partial charge in [-0.2, -0.15) is 17.0 Å². The summed E-state index contributed by atoms with van der Waals surface area (Å²) in [6, 6.07) is 24.4. The van der Waals surface area contributed by atoms with Gasteiger partial charge >= 0.3 is 0 Å². The van der Waals surface area contributed by atoms with E-state index >= 15 is 0 Å². The topological polar surface area (TPSA) is 56.9 Å². The summed E-state index contributed by atoms with van der Waals surface area (Å²) in [5.41, 5.74) is 4.30. The molecule has 0 aliphatic heterocycles. The second-order valence-electron chi connectivity index (χ2n) is 8.39. The molecule has 1 unspecified atom stereocenters. The Morgan fingerprint density at radius 1 is 0.882 bits per heavy atom. The molecule has 1 aromatic heterocycles. The molecule has 0 fully saturated rings. The Bertz CT molecular complexity index is 1040. The van der Waals surface area contributed by atoms with Gasteiger partial charge in [0, 0.05) is 22.6 Å². The number of aromatic nitrogens is 1. The fourth-order valence-electron chi connectivity index (χ4n) is 3.76. The smallest absolute Gasteiger partial charge is 0.115 e. The predicted molar refractivity (Wildman–Crippen MR) is 147 cm³/mol. The van der Waals surface area contributed by atoms with Gasteiger partial charge in [-0.05, 0) is 23.8 Å². The lowest BCUT2D eigenvalue weighted by molar-refractivity contribution is 0.225. The molecule has 34 heavy (non-hydrogen) atoms. The number of aliphatic hydroxyl groups excluding tert-OH is 1. The van der Waals surface area contributed by atoms with E-state index in [0.29, 0.717) is 22.1 Å². The molecule has 0 saturated carbocycles. The zero-order valence-electron chi connectivity index (χ0n) is 20.0. The number of rotatable bonds is 14. The molecule has 0 amide bonds. The van der Waals surface area contributed by atoms with E-state index in [1.807, 2.05) is 78.5 Å². The quantitative estimate of drug-likeness (QED) is 0.184. The molecule has 3 aromatic rings. The van der Waals surface area contributed by atoms with Crippen LogP contribution in [0.5, 0.6) is 0 Å². The average molecular weight is 491 g/mol. The molecule has 0 spiro atoms. The largest absolute Gasteiger partial charge is 0.391 e. The monoisotopic (exact) mass is 490 g/mol. The Labute approximate surface area is 213 Å². The first kappa shape index (κ1) is 26.3. The van der Waals surface area contributed by atoms with Crippen LogP contribution in [0, 0.1) is 11.3 Å². The second-order valence-corrected chi connectivity index (χ2v) is 10.5. The number of pyridine rings is 1. The van der Waals surface area contributed by atoms with Crippen molar-refractivity contribution in [3.8, 4) is 28.5 Å². The zero-order chi connectivity index (χ0) is 24.0. The van der Waals surface area contributed by atoms with Crippen LogP contribution in [0.4, 0.5) is 0 Å². The summed E-state index contributed by atoms with van der Waals surface area (Å²) < 4.78 is 0. The van der Waals surface area contributed by atoms with Gasteiger partial charge in [0.1, 0.15) is 11.1 Å². The van der Waals surface area contributed by atoms with Crippen LogP contribution in [-0.2, 0) is 0 Å². The van der Waals surface area contributed by atoms with Crippen LogP contribution in [0.1, 0.15) is 51.0 Å². The number of nitrogens with zero attached hydrogens (tertiary/aromatic N) is 2. The normalized spacial score (nSPS) is 11.8. The van der Waals surface area contributed by atoms with E-state index in [4.69, 9.17) is 4.98 Å². The van der Waals surface area contributed by atoms with E-state index in [1.165, 1.54) is 50.3 Å². The number of hydrogen-bond acceptors (Lipinski definition) is 5. The molecule has 5 heteroatoms. The van der Waals surface area contributed by atoms with Crippen molar-refractivity contribution in [1.82, 2.24) is 4.98 Å². The summed E-state index contributed by atoms with van der Waals surface area (Å²) >= 11 is 3.30. The number of thioether (sulfide) groups is 2. The molecule has 1 N–H and O–H groups in total. The molecule has 178 valence electrons. The maximum absolute atomic E-state index is 10.6. The van der Waals surface area contributed by atoms with E-state index in [9.17, 15) is 10.4 Å². The molecule has 3 nitrogen and oxygen atoms in total. The molecule has 2 aromatic carbocycles. The van der Waals surface area contributed by atoms with E-state index < -0.39 is 6.10 Å². The lowest BCUT2D eigenvalue weighted by Gasteiger charge is -2.14. The Morgan fingerprint density at radius 2 is 1.53 bits per heavy atom. The third-order valence-corrected chi connectivity index (χ3v) is 7.94. The van der Waals surface area contributed by atoms with Crippen molar-refractivity contribution in [2.24, 2.45) is 0 Å². The Morgan fingerprint density at radius 3 is 2.21 bits per heavy atom. The number of unbranched alkanes of at least 4 members (excludes halogenated alkanes) is 5. The SMILES string of the molecule is CCCCCCCCSCC(O)CSc1nc(-c2ccccc2)cc(-c2ccccc2)c1C#N. The third-order valence-electron chi connectivity index (χ3n) is 5.62. The number of benzene rings is 2. The first-order valence-electron chi connectivity index (χ1n) is 12.2. The van der Waals surface area contributed by atoms with Gasteiger partial charge in [-0.1, -0.05) is 99.7 Å². The first-order valence-corrected chi connectivity index (χ1v) is 14.3. The van der Waals surface area contributed by atoms with Crippen molar-refractivity contribution in [1.29, 1.82) is 5.26 Å². The van der Waals surface area contributed by atoms with Crippen molar-refractivity contribution < 1.29 is 5.11 Å². The number of nitriles is 1. The van der Waals surface area contributed by atoms with Crippen LogP contribution in [0.25, 0.3) is 22.4 Å². The fraction of sp³-hybridized carbons (Fsp3) is 0.379. The first-order chi connectivity index (χ1) is 16.7. The summed E-state index contributed by atoms with van der Waals surface area (Å²) in [5, 5.41) is 21.2. The highest BCUT2D eigenvalue weighted by Crippen LogP contribution is 2.34. The van der Waals surface area contributed by atoms with Crippen molar-refractivity contribution >= 4 is 23.5 Å². The third kappa shape index (κ3) is 8.20. The maximum atomic E-state index is 10.6. The van der Waals surface area contributed by atoms with Gasteiger partial charge in [0.25, 0.3) is 0 Å². The summed E-state index contributed by atoms with van der Waals surface area (Å²) in [4.78, 5) is 4.84. The average Bonchev–Trinajstić information content (AvgIpc) is 2.89. The Kier molecular flexibility index (Phi) is 11.5. The van der Waals surface area contributed by atoms with Crippen LogP contribution in [0.15, 0.2) is 71.8 Å². The van der Waals surface area contributed by atoms with Gasteiger partial charge in [-0.25, -0.2) is 4.98 Å². The standard InChI is InChI=1S/C29H34N2OS2/c1-2-3-4-5-6-13-18-33-21-25(32)22-34-29-27(20-30)26(23-14-9-7-10-15-23)19-28(31-29)24-16-11-8-12-17-24/h7-12,14-17,19,25,32H,2-6,13,18,21-22H2,1H3. The Balaban J connectivity index is 1.67. The van der Waals surface area contributed by atoms with Gasteiger partial charge in [-0.3, -0.25) is 0 Å². The summed E-state index contributed by atoms with van der Waals surface area (Å²) in [6.45, 7) is 2.24. The van der Waals surface area contributed by atoms with Crippen molar-refractivity contribution in [2.75, 3.05) is 17.3 Å². The summed E-state index contributed by atoms with van der Waals surface area (Å²) in [6.07, 6.45) is 7.33. The Hall–Kier alpha value is -2.26.